The SMILES string of the molecule is CC1CN(C2CC(C)(C)OC2(C)C)CCN1. The van der Waals surface area contributed by atoms with Crippen molar-refractivity contribution in [2.45, 2.75) is 64.3 Å². The number of piperazine rings is 1. The van der Waals surface area contributed by atoms with Crippen molar-refractivity contribution in [1.82, 2.24) is 10.2 Å². The first-order chi connectivity index (χ1) is 7.30. The summed E-state index contributed by atoms with van der Waals surface area (Å²) in [6.45, 7) is 14.6. The van der Waals surface area contributed by atoms with Gasteiger partial charge in [-0.3, -0.25) is 4.90 Å². The summed E-state index contributed by atoms with van der Waals surface area (Å²) >= 11 is 0. The van der Waals surface area contributed by atoms with E-state index in [0.29, 0.717) is 12.1 Å². The Bertz CT molecular complexity index is 263. The number of hydrogen-bond donors (Lipinski definition) is 1. The van der Waals surface area contributed by atoms with E-state index in [1.807, 2.05) is 0 Å². The van der Waals surface area contributed by atoms with E-state index in [1.165, 1.54) is 0 Å². The number of hydrogen-bond acceptors (Lipinski definition) is 3. The lowest BCUT2D eigenvalue weighted by Crippen LogP contribution is -2.56. The largest absolute Gasteiger partial charge is 0.368 e. The fourth-order valence-corrected chi connectivity index (χ4v) is 3.35. The molecule has 3 nitrogen and oxygen atoms in total. The summed E-state index contributed by atoms with van der Waals surface area (Å²) < 4.78 is 6.18. The molecule has 2 aliphatic rings. The average molecular weight is 226 g/mol. The van der Waals surface area contributed by atoms with Gasteiger partial charge in [0.05, 0.1) is 11.2 Å². The molecule has 0 saturated carbocycles. The first kappa shape index (κ1) is 12.3. The molecule has 3 heteroatoms. The molecule has 2 rings (SSSR count). The molecule has 0 aromatic carbocycles. The van der Waals surface area contributed by atoms with E-state index in [4.69, 9.17) is 4.74 Å². The van der Waals surface area contributed by atoms with Gasteiger partial charge in [0.25, 0.3) is 0 Å². The van der Waals surface area contributed by atoms with Crippen LogP contribution in [0.3, 0.4) is 0 Å². The van der Waals surface area contributed by atoms with Crippen molar-refractivity contribution in [3.63, 3.8) is 0 Å². The second kappa shape index (κ2) is 3.97. The molecular formula is C13H26N2O. The molecule has 0 aromatic heterocycles. The van der Waals surface area contributed by atoms with Crippen LogP contribution < -0.4 is 5.32 Å². The highest BCUT2D eigenvalue weighted by molar-refractivity contribution is 5.01. The van der Waals surface area contributed by atoms with E-state index in [1.54, 1.807) is 0 Å². The maximum absolute atomic E-state index is 6.18. The van der Waals surface area contributed by atoms with Crippen LogP contribution in [-0.2, 0) is 4.74 Å². The topological polar surface area (TPSA) is 24.5 Å². The molecule has 2 saturated heterocycles. The molecule has 0 spiro atoms. The summed E-state index contributed by atoms with van der Waals surface area (Å²) in [5.41, 5.74) is 0.0167. The van der Waals surface area contributed by atoms with Gasteiger partial charge in [-0.1, -0.05) is 0 Å². The molecule has 0 radical (unpaired) electrons. The first-order valence-electron chi connectivity index (χ1n) is 6.48. The van der Waals surface area contributed by atoms with Crippen molar-refractivity contribution in [3.8, 4) is 0 Å². The van der Waals surface area contributed by atoms with Crippen molar-refractivity contribution >= 4 is 0 Å². The van der Waals surface area contributed by atoms with Crippen molar-refractivity contribution in [2.24, 2.45) is 0 Å². The third kappa shape index (κ3) is 2.41. The second-order valence-corrected chi connectivity index (χ2v) is 6.54. The van der Waals surface area contributed by atoms with E-state index in [-0.39, 0.29) is 11.2 Å². The van der Waals surface area contributed by atoms with Gasteiger partial charge >= 0.3 is 0 Å². The molecule has 2 heterocycles. The van der Waals surface area contributed by atoms with Crippen LogP contribution in [0, 0.1) is 0 Å². The lowest BCUT2D eigenvalue weighted by Gasteiger charge is -2.40. The Balaban J connectivity index is 2.08. The van der Waals surface area contributed by atoms with Crippen molar-refractivity contribution < 1.29 is 4.74 Å². The van der Waals surface area contributed by atoms with Gasteiger partial charge in [0.15, 0.2) is 0 Å². The molecule has 0 amide bonds. The van der Waals surface area contributed by atoms with Crippen LogP contribution in [0.15, 0.2) is 0 Å². The zero-order valence-corrected chi connectivity index (χ0v) is 11.3. The summed E-state index contributed by atoms with van der Waals surface area (Å²) in [6.07, 6.45) is 1.15. The van der Waals surface area contributed by atoms with E-state index in [2.05, 4.69) is 44.8 Å². The van der Waals surface area contributed by atoms with Gasteiger partial charge in [-0.2, -0.15) is 0 Å². The van der Waals surface area contributed by atoms with E-state index in [0.717, 1.165) is 26.1 Å². The second-order valence-electron chi connectivity index (χ2n) is 6.54. The van der Waals surface area contributed by atoms with Gasteiger partial charge in [0, 0.05) is 31.7 Å². The number of ether oxygens (including phenoxy) is 1. The Labute approximate surface area is 99.5 Å². The minimum atomic E-state index is -0.0133. The van der Waals surface area contributed by atoms with Crippen LogP contribution in [0.2, 0.25) is 0 Å². The molecule has 16 heavy (non-hydrogen) atoms. The molecule has 1 N–H and O–H groups in total. The van der Waals surface area contributed by atoms with Crippen LogP contribution >= 0.6 is 0 Å². The summed E-state index contributed by atoms with van der Waals surface area (Å²) in [7, 11) is 0. The summed E-state index contributed by atoms with van der Waals surface area (Å²) in [5, 5.41) is 3.50. The summed E-state index contributed by atoms with van der Waals surface area (Å²) in [4.78, 5) is 2.61. The average Bonchev–Trinajstić information content (AvgIpc) is 2.34. The molecule has 2 aliphatic heterocycles. The van der Waals surface area contributed by atoms with Crippen molar-refractivity contribution in [1.29, 1.82) is 0 Å². The maximum atomic E-state index is 6.18. The lowest BCUT2D eigenvalue weighted by molar-refractivity contribution is -0.0821. The number of nitrogens with one attached hydrogen (secondary N) is 1. The molecule has 2 fully saturated rings. The maximum Gasteiger partial charge on any atom is 0.0789 e. The first-order valence-corrected chi connectivity index (χ1v) is 6.48. The normalized spacial score (nSPS) is 38.8. The minimum absolute atomic E-state index is 0.0133. The van der Waals surface area contributed by atoms with Crippen LogP contribution in [0.1, 0.15) is 41.0 Å². The zero-order valence-electron chi connectivity index (χ0n) is 11.3. The fourth-order valence-electron chi connectivity index (χ4n) is 3.35. The van der Waals surface area contributed by atoms with Crippen LogP contribution in [0.4, 0.5) is 0 Å². The minimum Gasteiger partial charge on any atom is -0.368 e. The third-order valence-electron chi connectivity index (χ3n) is 3.87. The summed E-state index contributed by atoms with van der Waals surface area (Å²) in [5.74, 6) is 0. The molecule has 2 unspecified atom stereocenters. The van der Waals surface area contributed by atoms with Gasteiger partial charge in [0.1, 0.15) is 0 Å². The monoisotopic (exact) mass is 226 g/mol. The van der Waals surface area contributed by atoms with Crippen molar-refractivity contribution in [3.05, 3.63) is 0 Å². The molecular weight excluding hydrogens is 200 g/mol. The fraction of sp³-hybridized carbons (Fsp3) is 1.00. The Morgan fingerprint density at radius 3 is 2.44 bits per heavy atom. The summed E-state index contributed by atoms with van der Waals surface area (Å²) in [6, 6.07) is 1.17. The Hall–Kier alpha value is -0.120. The Morgan fingerprint density at radius 2 is 1.94 bits per heavy atom. The highest BCUT2D eigenvalue weighted by Gasteiger charge is 2.48. The Kier molecular flexibility index (Phi) is 3.06. The molecule has 2 atom stereocenters. The number of rotatable bonds is 1. The molecule has 0 bridgehead atoms. The van der Waals surface area contributed by atoms with Gasteiger partial charge < -0.3 is 10.1 Å². The van der Waals surface area contributed by atoms with Crippen molar-refractivity contribution in [2.75, 3.05) is 19.6 Å². The quantitative estimate of drug-likeness (QED) is 0.735. The standard InChI is InChI=1S/C13H26N2O/c1-10-9-15(7-6-14-10)11-8-12(2,3)16-13(11,4)5/h10-11,14H,6-9H2,1-5H3. The van der Waals surface area contributed by atoms with E-state index in [9.17, 15) is 0 Å². The molecule has 94 valence electrons. The molecule has 0 aromatic rings. The number of nitrogens with zero attached hydrogens (tertiary/aromatic N) is 1. The van der Waals surface area contributed by atoms with Crippen LogP contribution in [0.25, 0.3) is 0 Å². The van der Waals surface area contributed by atoms with Gasteiger partial charge in [-0.15, -0.1) is 0 Å². The van der Waals surface area contributed by atoms with Gasteiger partial charge in [-0.05, 0) is 41.0 Å². The van der Waals surface area contributed by atoms with Gasteiger partial charge in [-0.25, -0.2) is 0 Å². The third-order valence-corrected chi connectivity index (χ3v) is 3.87. The van der Waals surface area contributed by atoms with E-state index < -0.39 is 0 Å². The molecule has 0 aliphatic carbocycles. The van der Waals surface area contributed by atoms with Gasteiger partial charge in [0.2, 0.25) is 0 Å². The highest BCUT2D eigenvalue weighted by atomic mass is 16.5. The smallest absolute Gasteiger partial charge is 0.0789 e. The lowest BCUT2D eigenvalue weighted by atomic mass is 9.92. The zero-order chi connectivity index (χ0) is 12.0. The Morgan fingerprint density at radius 1 is 1.25 bits per heavy atom. The van der Waals surface area contributed by atoms with E-state index >= 15 is 0 Å². The predicted octanol–water partition coefficient (Wildman–Crippen LogP) is 1.63. The highest BCUT2D eigenvalue weighted by Crippen LogP contribution is 2.40. The predicted molar refractivity (Wildman–Crippen MR) is 66.7 cm³/mol. The van der Waals surface area contributed by atoms with Crippen LogP contribution in [0.5, 0.6) is 0 Å². The van der Waals surface area contributed by atoms with Crippen LogP contribution in [-0.4, -0.2) is 47.8 Å².